The van der Waals surface area contributed by atoms with Crippen LogP contribution in [0.3, 0.4) is 0 Å². The average Bonchev–Trinajstić information content (AvgIpc) is 2.72. The fourth-order valence-electron chi connectivity index (χ4n) is 4.14. The molecule has 1 fully saturated rings. The molecule has 0 aromatic heterocycles. The molecule has 0 amide bonds. The molecule has 2 unspecified atom stereocenters. The molecule has 2 atom stereocenters. The lowest BCUT2D eigenvalue weighted by Gasteiger charge is -2.58. The Bertz CT molecular complexity index is 876. The number of likely N-dealkylation sites (tertiary alicyclic amines) is 1. The zero-order valence-corrected chi connectivity index (χ0v) is 15.8. The highest BCUT2D eigenvalue weighted by molar-refractivity contribution is 7.80. The quantitative estimate of drug-likeness (QED) is 0.563. The fraction of sp³-hybridized carbons (Fsp3) is 0.208. The van der Waals surface area contributed by atoms with Crippen LogP contribution in [0, 0.1) is 0 Å². The molecular formula is C24H23NS. The summed E-state index contributed by atoms with van der Waals surface area (Å²) in [5, 5.41) is 0. The summed E-state index contributed by atoms with van der Waals surface area (Å²) in [4.78, 5) is 3.43. The summed E-state index contributed by atoms with van der Waals surface area (Å²) < 4.78 is 0. The standard InChI is InChI=1S/C24H23NS/c1-19-24(22-15-9-4-10-16-22,17-20-11-5-2-6-12-20)23(26)25(19)18-21-13-7-3-8-14-21/h2-16,19H,17-18H2,1H3. The van der Waals surface area contributed by atoms with E-state index >= 15 is 0 Å². The number of thiocarbonyl (C=S) groups is 1. The molecule has 130 valence electrons. The topological polar surface area (TPSA) is 3.24 Å². The molecule has 1 aliphatic heterocycles. The highest BCUT2D eigenvalue weighted by atomic mass is 32.1. The zero-order valence-electron chi connectivity index (χ0n) is 15.0. The number of benzene rings is 3. The van der Waals surface area contributed by atoms with Gasteiger partial charge < -0.3 is 4.90 Å². The lowest BCUT2D eigenvalue weighted by Crippen LogP contribution is -2.70. The van der Waals surface area contributed by atoms with Crippen LogP contribution in [0.4, 0.5) is 0 Å². The van der Waals surface area contributed by atoms with E-state index in [1.165, 1.54) is 16.7 Å². The minimum atomic E-state index is -0.104. The van der Waals surface area contributed by atoms with Crippen molar-refractivity contribution in [2.24, 2.45) is 0 Å². The first-order chi connectivity index (χ1) is 12.7. The normalized spacial score (nSPS) is 22.1. The van der Waals surface area contributed by atoms with Gasteiger partial charge in [-0.1, -0.05) is 103 Å². The maximum atomic E-state index is 6.02. The average molecular weight is 358 g/mol. The molecule has 2 heteroatoms. The third-order valence-electron chi connectivity index (χ3n) is 5.63. The van der Waals surface area contributed by atoms with Gasteiger partial charge in [-0.3, -0.25) is 0 Å². The molecule has 1 aliphatic rings. The predicted octanol–water partition coefficient (Wildman–Crippen LogP) is 5.40. The molecule has 3 aromatic carbocycles. The van der Waals surface area contributed by atoms with E-state index in [0.29, 0.717) is 6.04 Å². The third-order valence-corrected chi connectivity index (χ3v) is 6.23. The molecule has 3 aromatic rings. The second kappa shape index (κ2) is 7.05. The highest BCUT2D eigenvalue weighted by Crippen LogP contribution is 2.46. The van der Waals surface area contributed by atoms with E-state index in [0.717, 1.165) is 18.0 Å². The molecular weight excluding hydrogens is 334 g/mol. The van der Waals surface area contributed by atoms with Gasteiger partial charge in [0.1, 0.15) is 0 Å². The summed E-state index contributed by atoms with van der Waals surface area (Å²) in [6.07, 6.45) is 0.948. The Labute approximate surface area is 161 Å². The Kier molecular flexibility index (Phi) is 4.60. The Morgan fingerprint density at radius 1 is 0.769 bits per heavy atom. The van der Waals surface area contributed by atoms with Gasteiger partial charge in [0.25, 0.3) is 0 Å². The fourth-order valence-corrected chi connectivity index (χ4v) is 4.73. The molecule has 0 bridgehead atoms. The molecule has 1 heterocycles. The molecule has 1 saturated heterocycles. The maximum Gasteiger partial charge on any atom is 0.0916 e. The van der Waals surface area contributed by atoms with Crippen molar-refractivity contribution in [3.63, 3.8) is 0 Å². The number of hydrogen-bond donors (Lipinski definition) is 0. The van der Waals surface area contributed by atoms with Crippen LogP contribution in [-0.2, 0) is 18.4 Å². The minimum Gasteiger partial charge on any atom is -0.357 e. The Balaban J connectivity index is 1.67. The molecule has 0 saturated carbocycles. The number of rotatable bonds is 5. The van der Waals surface area contributed by atoms with Crippen molar-refractivity contribution in [3.8, 4) is 0 Å². The van der Waals surface area contributed by atoms with Crippen LogP contribution in [0.1, 0.15) is 23.6 Å². The lowest BCUT2D eigenvalue weighted by atomic mass is 9.63. The molecule has 0 spiro atoms. The molecule has 26 heavy (non-hydrogen) atoms. The van der Waals surface area contributed by atoms with E-state index in [2.05, 4.69) is 103 Å². The van der Waals surface area contributed by atoms with Crippen LogP contribution < -0.4 is 0 Å². The lowest BCUT2D eigenvalue weighted by molar-refractivity contribution is 0.157. The first-order valence-electron chi connectivity index (χ1n) is 9.16. The molecule has 0 aliphatic carbocycles. The van der Waals surface area contributed by atoms with E-state index in [-0.39, 0.29) is 5.41 Å². The van der Waals surface area contributed by atoms with Gasteiger partial charge in [-0.25, -0.2) is 0 Å². The van der Waals surface area contributed by atoms with Gasteiger partial charge in [-0.05, 0) is 30.0 Å². The minimum absolute atomic E-state index is 0.104. The zero-order chi connectivity index (χ0) is 18.0. The van der Waals surface area contributed by atoms with Gasteiger partial charge in [0.05, 0.1) is 10.4 Å². The van der Waals surface area contributed by atoms with E-state index in [1.54, 1.807) is 0 Å². The number of nitrogens with zero attached hydrogens (tertiary/aromatic N) is 1. The van der Waals surface area contributed by atoms with Crippen molar-refractivity contribution in [2.75, 3.05) is 0 Å². The van der Waals surface area contributed by atoms with E-state index in [4.69, 9.17) is 12.2 Å². The van der Waals surface area contributed by atoms with Crippen molar-refractivity contribution in [1.82, 2.24) is 4.90 Å². The van der Waals surface area contributed by atoms with Crippen LogP contribution in [0.15, 0.2) is 91.0 Å². The second-order valence-electron chi connectivity index (χ2n) is 7.09. The molecule has 0 radical (unpaired) electrons. The van der Waals surface area contributed by atoms with Crippen LogP contribution in [-0.4, -0.2) is 15.9 Å². The van der Waals surface area contributed by atoms with Crippen molar-refractivity contribution in [3.05, 3.63) is 108 Å². The molecule has 0 N–H and O–H groups in total. The van der Waals surface area contributed by atoms with Crippen LogP contribution >= 0.6 is 12.2 Å². The first kappa shape index (κ1) is 17.0. The largest absolute Gasteiger partial charge is 0.357 e. The van der Waals surface area contributed by atoms with E-state index < -0.39 is 0 Å². The van der Waals surface area contributed by atoms with Gasteiger partial charge in [0, 0.05) is 12.6 Å². The smallest absolute Gasteiger partial charge is 0.0916 e. The second-order valence-corrected chi connectivity index (χ2v) is 7.48. The van der Waals surface area contributed by atoms with Gasteiger partial charge in [0.2, 0.25) is 0 Å². The third kappa shape index (κ3) is 2.85. The van der Waals surface area contributed by atoms with Crippen LogP contribution in [0.2, 0.25) is 0 Å². The summed E-state index contributed by atoms with van der Waals surface area (Å²) >= 11 is 6.02. The summed E-state index contributed by atoms with van der Waals surface area (Å²) in [5.74, 6) is 0. The monoisotopic (exact) mass is 357 g/mol. The molecule has 4 rings (SSSR count). The summed E-state index contributed by atoms with van der Waals surface area (Å²) in [7, 11) is 0. The number of hydrogen-bond acceptors (Lipinski definition) is 1. The maximum absolute atomic E-state index is 6.02. The van der Waals surface area contributed by atoms with Gasteiger partial charge >= 0.3 is 0 Å². The van der Waals surface area contributed by atoms with Crippen molar-refractivity contribution in [2.45, 2.75) is 31.3 Å². The van der Waals surface area contributed by atoms with Crippen LogP contribution in [0.5, 0.6) is 0 Å². The van der Waals surface area contributed by atoms with Crippen LogP contribution in [0.25, 0.3) is 0 Å². The Morgan fingerprint density at radius 2 is 1.27 bits per heavy atom. The van der Waals surface area contributed by atoms with Crippen molar-refractivity contribution in [1.29, 1.82) is 0 Å². The highest BCUT2D eigenvalue weighted by Gasteiger charge is 2.55. The van der Waals surface area contributed by atoms with E-state index in [1.807, 2.05) is 0 Å². The van der Waals surface area contributed by atoms with Crippen molar-refractivity contribution < 1.29 is 0 Å². The predicted molar refractivity (Wildman–Crippen MR) is 112 cm³/mol. The first-order valence-corrected chi connectivity index (χ1v) is 9.57. The van der Waals surface area contributed by atoms with Gasteiger partial charge in [-0.15, -0.1) is 0 Å². The Morgan fingerprint density at radius 3 is 1.81 bits per heavy atom. The van der Waals surface area contributed by atoms with Crippen molar-refractivity contribution >= 4 is 17.2 Å². The SMILES string of the molecule is CC1N(Cc2ccccc2)C(=S)C1(Cc1ccccc1)c1ccccc1. The summed E-state index contributed by atoms with van der Waals surface area (Å²) in [6.45, 7) is 3.19. The van der Waals surface area contributed by atoms with Gasteiger partial charge in [0.15, 0.2) is 0 Å². The summed E-state index contributed by atoms with van der Waals surface area (Å²) in [6, 6.07) is 32.5. The van der Waals surface area contributed by atoms with E-state index in [9.17, 15) is 0 Å². The summed E-state index contributed by atoms with van der Waals surface area (Å²) in [5.41, 5.74) is 3.87. The molecule has 1 nitrogen and oxygen atoms in total. The van der Waals surface area contributed by atoms with Gasteiger partial charge in [-0.2, -0.15) is 0 Å². The Hall–Kier alpha value is -2.45.